The van der Waals surface area contributed by atoms with E-state index in [-0.39, 0.29) is 36.7 Å². The van der Waals surface area contributed by atoms with Crippen molar-refractivity contribution in [2.75, 3.05) is 0 Å². The van der Waals surface area contributed by atoms with Gasteiger partial charge in [-0.3, -0.25) is 4.79 Å². The zero-order chi connectivity index (χ0) is 25.1. The maximum Gasteiger partial charge on any atom is 0.168 e. The van der Waals surface area contributed by atoms with Crippen LogP contribution in [0.15, 0.2) is 64.3 Å². The second kappa shape index (κ2) is 11.9. The standard InChI is InChI=1S/C18H30O2.C14H8O.Ir/c1-5-17(6-2)11-9-13-10-12-18(7-3,8-4)16(20)14(13)15(17)19;1-2-6-11(7-3-1)14-10-12-8-4-5-9-13(12)15-14;/h13,19H,5-12H2,1-4H3;1-6,8-9H;/q;-2;. The maximum atomic E-state index is 13.1. The number of aliphatic hydroxyl groups excluding tert-OH is 1. The summed E-state index contributed by atoms with van der Waals surface area (Å²) >= 11 is 0. The van der Waals surface area contributed by atoms with E-state index in [2.05, 4.69) is 39.8 Å². The Morgan fingerprint density at radius 2 is 1.53 bits per heavy atom. The molecule has 1 aromatic heterocycles. The topological polar surface area (TPSA) is 50.4 Å². The summed E-state index contributed by atoms with van der Waals surface area (Å²) in [6, 6.07) is 21.9. The van der Waals surface area contributed by atoms with Gasteiger partial charge in [-0.2, -0.15) is 29.8 Å². The maximum absolute atomic E-state index is 13.1. The van der Waals surface area contributed by atoms with E-state index in [4.69, 9.17) is 4.42 Å². The van der Waals surface area contributed by atoms with E-state index in [1.807, 2.05) is 48.5 Å². The molecule has 1 radical (unpaired) electrons. The number of hydrogen-bond acceptors (Lipinski definition) is 3. The molecule has 1 heterocycles. The van der Waals surface area contributed by atoms with Gasteiger partial charge in [0.1, 0.15) is 5.76 Å². The largest absolute Gasteiger partial charge is 0.563 e. The fourth-order valence-corrected chi connectivity index (χ4v) is 6.06. The molecule has 0 spiro atoms. The number of Topliss-reactive ketones (excluding diaryl/α,β-unsaturated/α-hetero) is 1. The van der Waals surface area contributed by atoms with Crippen molar-refractivity contribution in [2.45, 2.75) is 79.1 Å². The van der Waals surface area contributed by atoms with Crippen molar-refractivity contribution in [2.24, 2.45) is 16.7 Å². The Kier molecular flexibility index (Phi) is 9.41. The quantitative estimate of drug-likeness (QED) is 0.278. The van der Waals surface area contributed by atoms with Gasteiger partial charge in [-0.25, -0.2) is 0 Å². The normalized spacial score (nSPS) is 20.2. The van der Waals surface area contributed by atoms with Crippen LogP contribution in [0.5, 0.6) is 0 Å². The molecule has 0 amide bonds. The number of fused-ring (bicyclic) bond motifs is 2. The van der Waals surface area contributed by atoms with Crippen LogP contribution in [0, 0.1) is 28.9 Å². The van der Waals surface area contributed by atoms with Gasteiger partial charge >= 0.3 is 0 Å². The first-order valence-corrected chi connectivity index (χ1v) is 13.3. The number of carbonyl (C=O) groups is 1. The van der Waals surface area contributed by atoms with Gasteiger partial charge in [0.15, 0.2) is 5.78 Å². The summed E-state index contributed by atoms with van der Waals surface area (Å²) in [5, 5.41) is 11.9. The summed E-state index contributed by atoms with van der Waals surface area (Å²) in [6.45, 7) is 8.52. The molecular formula is C32H38IrO3-2. The van der Waals surface area contributed by atoms with Gasteiger partial charge in [0.25, 0.3) is 0 Å². The molecular weight excluding hydrogens is 625 g/mol. The smallest absolute Gasteiger partial charge is 0.168 e. The third kappa shape index (κ3) is 5.13. The summed E-state index contributed by atoms with van der Waals surface area (Å²) in [4.78, 5) is 13.1. The van der Waals surface area contributed by atoms with Gasteiger partial charge in [-0.05, 0) is 63.0 Å². The Morgan fingerprint density at radius 1 is 0.917 bits per heavy atom. The molecule has 0 saturated heterocycles. The Hall–Kier alpha value is -2.16. The Labute approximate surface area is 229 Å². The SMILES string of the molecule is CCC1(CC)CCC2CCC(CC)(CC)C(O)=C2C1=O.[Ir].[c-]1ccccc1-c1[c-]c2ccccc2o1. The third-order valence-electron chi connectivity index (χ3n) is 8.84. The molecule has 0 aliphatic heterocycles. The van der Waals surface area contributed by atoms with Crippen molar-refractivity contribution in [3.63, 3.8) is 0 Å². The van der Waals surface area contributed by atoms with Crippen molar-refractivity contribution in [3.8, 4) is 11.3 Å². The molecule has 5 rings (SSSR count). The second-order valence-corrected chi connectivity index (χ2v) is 10.2. The molecule has 2 aromatic carbocycles. The molecule has 0 bridgehead atoms. The molecule has 1 fully saturated rings. The molecule has 1 N–H and O–H groups in total. The Bertz CT molecular complexity index is 1150. The minimum Gasteiger partial charge on any atom is -0.563 e. The van der Waals surface area contributed by atoms with Gasteiger partial charge in [0.2, 0.25) is 0 Å². The first-order chi connectivity index (χ1) is 16.9. The number of allylic oxidation sites excluding steroid dienone is 2. The molecule has 36 heavy (non-hydrogen) atoms. The van der Waals surface area contributed by atoms with E-state index < -0.39 is 0 Å². The summed E-state index contributed by atoms with van der Waals surface area (Å²) in [5.74, 6) is 1.79. The van der Waals surface area contributed by atoms with Crippen LogP contribution in [-0.4, -0.2) is 10.9 Å². The number of carbonyl (C=O) groups excluding carboxylic acids is 1. The van der Waals surface area contributed by atoms with E-state index in [1.54, 1.807) is 0 Å². The molecule has 2 aliphatic carbocycles. The van der Waals surface area contributed by atoms with Crippen LogP contribution < -0.4 is 0 Å². The third-order valence-corrected chi connectivity index (χ3v) is 8.84. The summed E-state index contributed by atoms with van der Waals surface area (Å²) in [6.07, 6.45) is 7.87. The van der Waals surface area contributed by atoms with E-state index >= 15 is 0 Å². The van der Waals surface area contributed by atoms with Crippen LogP contribution in [-0.2, 0) is 24.9 Å². The number of furan rings is 1. The zero-order valence-electron chi connectivity index (χ0n) is 22.0. The predicted octanol–water partition coefficient (Wildman–Crippen LogP) is 8.88. The van der Waals surface area contributed by atoms with E-state index in [0.29, 0.717) is 11.7 Å². The van der Waals surface area contributed by atoms with Crippen molar-refractivity contribution in [1.82, 2.24) is 0 Å². The van der Waals surface area contributed by atoms with Gasteiger partial charge in [-0.1, -0.05) is 39.8 Å². The fraction of sp³-hybridized carbons (Fsp3) is 0.469. The van der Waals surface area contributed by atoms with Gasteiger partial charge in [0, 0.05) is 42.1 Å². The van der Waals surface area contributed by atoms with Crippen LogP contribution >= 0.6 is 0 Å². The van der Waals surface area contributed by atoms with Crippen molar-refractivity contribution >= 4 is 16.8 Å². The molecule has 1 atom stereocenters. The Morgan fingerprint density at radius 3 is 2.11 bits per heavy atom. The molecule has 1 unspecified atom stereocenters. The molecule has 195 valence electrons. The fourth-order valence-electron chi connectivity index (χ4n) is 6.06. The predicted molar refractivity (Wildman–Crippen MR) is 142 cm³/mol. The molecule has 4 heteroatoms. The number of aliphatic hydroxyl groups is 1. The van der Waals surface area contributed by atoms with Crippen LogP contribution in [0.3, 0.4) is 0 Å². The van der Waals surface area contributed by atoms with Crippen molar-refractivity contribution in [1.29, 1.82) is 0 Å². The number of hydrogen-bond donors (Lipinski definition) is 1. The average molecular weight is 663 g/mol. The number of ketones is 1. The van der Waals surface area contributed by atoms with E-state index in [0.717, 1.165) is 79.2 Å². The van der Waals surface area contributed by atoms with E-state index in [1.165, 1.54) is 0 Å². The summed E-state index contributed by atoms with van der Waals surface area (Å²) in [5.41, 5.74) is 2.28. The van der Waals surface area contributed by atoms with Crippen LogP contribution in [0.25, 0.3) is 22.3 Å². The van der Waals surface area contributed by atoms with Gasteiger partial charge in [-0.15, -0.1) is 29.7 Å². The summed E-state index contributed by atoms with van der Waals surface area (Å²) < 4.78 is 5.67. The van der Waals surface area contributed by atoms with E-state index in [9.17, 15) is 9.90 Å². The van der Waals surface area contributed by atoms with Crippen molar-refractivity contribution in [3.05, 3.63) is 72.0 Å². The van der Waals surface area contributed by atoms with Gasteiger partial charge < -0.3 is 9.52 Å². The molecule has 2 aliphatic rings. The monoisotopic (exact) mass is 663 g/mol. The van der Waals surface area contributed by atoms with Crippen LogP contribution in [0.4, 0.5) is 0 Å². The minimum absolute atomic E-state index is 0. The number of rotatable bonds is 5. The zero-order valence-corrected chi connectivity index (χ0v) is 24.3. The van der Waals surface area contributed by atoms with Crippen LogP contribution in [0.2, 0.25) is 0 Å². The average Bonchev–Trinajstić information content (AvgIpc) is 3.35. The van der Waals surface area contributed by atoms with Crippen molar-refractivity contribution < 1.29 is 34.4 Å². The molecule has 1 saturated carbocycles. The summed E-state index contributed by atoms with van der Waals surface area (Å²) in [7, 11) is 0. The molecule has 3 nitrogen and oxygen atoms in total. The minimum atomic E-state index is -0.204. The second-order valence-electron chi connectivity index (χ2n) is 10.2. The first kappa shape index (κ1) is 28.4. The number of para-hydroxylation sites is 1. The first-order valence-electron chi connectivity index (χ1n) is 13.3. The van der Waals surface area contributed by atoms with Crippen LogP contribution in [0.1, 0.15) is 79.1 Å². The number of benzene rings is 2. The van der Waals surface area contributed by atoms with Gasteiger partial charge in [0.05, 0.1) is 0 Å². The Balaban J connectivity index is 0.000000202. The molecule has 3 aromatic rings.